The predicted octanol–water partition coefficient (Wildman–Crippen LogP) is 4.65. The highest BCUT2D eigenvalue weighted by Crippen LogP contribution is 2.32. The van der Waals surface area contributed by atoms with Crippen molar-refractivity contribution in [3.05, 3.63) is 53.8 Å². The molecule has 1 aromatic carbocycles. The second-order valence-corrected chi connectivity index (χ2v) is 9.16. The van der Waals surface area contributed by atoms with Crippen molar-refractivity contribution in [2.75, 3.05) is 25.0 Å². The zero-order valence-corrected chi connectivity index (χ0v) is 17.8. The summed E-state index contributed by atoms with van der Waals surface area (Å²) in [6, 6.07) is 8.31. The third kappa shape index (κ3) is 5.00. The number of hydrogen-bond donors (Lipinski definition) is 2. The third-order valence-electron chi connectivity index (χ3n) is 5.33. The molecule has 2 aromatic rings. The van der Waals surface area contributed by atoms with Crippen LogP contribution in [-0.2, 0) is 4.79 Å². The molecule has 2 N–H and O–H groups in total. The van der Waals surface area contributed by atoms with Crippen molar-refractivity contribution in [2.24, 2.45) is 11.8 Å². The minimum absolute atomic E-state index is 0.0352. The largest absolute Gasteiger partial charge is 0.366 e. The minimum Gasteiger partial charge on any atom is -0.366 e. The van der Waals surface area contributed by atoms with E-state index in [0.717, 1.165) is 48.8 Å². The third-order valence-corrected chi connectivity index (χ3v) is 6.21. The molecule has 1 saturated heterocycles. The van der Waals surface area contributed by atoms with Crippen LogP contribution in [0.2, 0.25) is 0 Å². The monoisotopic (exact) mass is 408 g/mol. The zero-order chi connectivity index (χ0) is 20.2. The van der Waals surface area contributed by atoms with Crippen LogP contribution < -0.4 is 10.6 Å². The fourth-order valence-electron chi connectivity index (χ4n) is 4.00. The average Bonchev–Trinajstić information content (AvgIpc) is 2.73. The maximum atomic E-state index is 12.8. The Morgan fingerprint density at radius 1 is 1.34 bits per heavy atom. The summed E-state index contributed by atoms with van der Waals surface area (Å²) in [6.45, 7) is 7.44. The standard InChI is InChI=1S/C23H28N4OS/c1-16(2)14-27-8-3-4-19(15-27)23(28)26-22-11-20-10-17(5-6-18(20)12-25-22)21-13-24-7-9-29-21/h5-7,9-13,16,19,24H,3-4,8,14-15H2,1-2H3,(H,25,26,28). The van der Waals surface area contributed by atoms with Gasteiger partial charge in [-0.1, -0.05) is 37.7 Å². The lowest BCUT2D eigenvalue weighted by molar-refractivity contribution is -0.121. The van der Waals surface area contributed by atoms with Gasteiger partial charge in [0.15, 0.2) is 0 Å². The summed E-state index contributed by atoms with van der Waals surface area (Å²) in [5.41, 5.74) is 1.15. The summed E-state index contributed by atoms with van der Waals surface area (Å²) < 4.78 is 0. The number of likely N-dealkylation sites (tertiary alicyclic amines) is 1. The van der Waals surface area contributed by atoms with Crippen molar-refractivity contribution >= 4 is 39.2 Å². The number of aromatic nitrogens is 1. The maximum Gasteiger partial charge on any atom is 0.229 e. The molecule has 5 nitrogen and oxygen atoms in total. The number of nitrogens with zero attached hydrogens (tertiary/aromatic N) is 2. The number of amides is 1. The van der Waals surface area contributed by atoms with Gasteiger partial charge in [0.2, 0.25) is 5.91 Å². The van der Waals surface area contributed by atoms with E-state index in [-0.39, 0.29) is 11.8 Å². The van der Waals surface area contributed by atoms with Crippen molar-refractivity contribution in [1.29, 1.82) is 0 Å². The van der Waals surface area contributed by atoms with Gasteiger partial charge < -0.3 is 15.5 Å². The number of rotatable bonds is 5. The second-order valence-electron chi connectivity index (χ2n) is 8.21. The number of piperidine rings is 1. The summed E-state index contributed by atoms with van der Waals surface area (Å²) in [5, 5.41) is 10.4. The quantitative estimate of drug-likeness (QED) is 0.754. The lowest BCUT2D eigenvalue weighted by Gasteiger charge is -2.32. The molecule has 1 fully saturated rings. The van der Waals surface area contributed by atoms with Gasteiger partial charge in [0, 0.05) is 42.0 Å². The van der Waals surface area contributed by atoms with Gasteiger partial charge in [-0.25, -0.2) is 4.98 Å². The number of pyridine rings is 1. The number of carbonyl (C=O) groups excluding carboxylic acids is 1. The first-order valence-corrected chi connectivity index (χ1v) is 11.2. The number of thioether (sulfide) groups is 1. The Morgan fingerprint density at radius 2 is 2.24 bits per heavy atom. The molecule has 0 spiro atoms. The van der Waals surface area contributed by atoms with Gasteiger partial charge in [-0.15, -0.1) is 0 Å². The number of fused-ring (bicyclic) bond motifs is 1. The van der Waals surface area contributed by atoms with Gasteiger partial charge in [-0.2, -0.15) is 0 Å². The fourth-order valence-corrected chi connectivity index (χ4v) is 4.69. The van der Waals surface area contributed by atoms with E-state index in [9.17, 15) is 4.79 Å². The Morgan fingerprint density at radius 3 is 3.03 bits per heavy atom. The second kappa shape index (κ2) is 9.01. The Labute approximate surface area is 176 Å². The van der Waals surface area contributed by atoms with Crippen molar-refractivity contribution in [3.63, 3.8) is 0 Å². The molecule has 0 saturated carbocycles. The minimum atomic E-state index is 0.0352. The van der Waals surface area contributed by atoms with Crippen LogP contribution in [0.1, 0.15) is 32.3 Å². The number of hydrogen-bond acceptors (Lipinski definition) is 5. The highest BCUT2D eigenvalue weighted by atomic mass is 32.2. The molecule has 2 aliphatic heterocycles. The van der Waals surface area contributed by atoms with Gasteiger partial charge >= 0.3 is 0 Å². The first-order valence-electron chi connectivity index (χ1n) is 10.3. The summed E-state index contributed by atoms with van der Waals surface area (Å²) >= 11 is 1.69. The van der Waals surface area contributed by atoms with Crippen LogP contribution in [0.5, 0.6) is 0 Å². The van der Waals surface area contributed by atoms with Crippen LogP contribution in [0.3, 0.4) is 0 Å². The summed E-state index contributed by atoms with van der Waals surface area (Å²) in [7, 11) is 0. The number of nitrogens with one attached hydrogen (secondary N) is 2. The van der Waals surface area contributed by atoms with Gasteiger partial charge in [0.25, 0.3) is 0 Å². The van der Waals surface area contributed by atoms with E-state index < -0.39 is 0 Å². The van der Waals surface area contributed by atoms with Crippen molar-refractivity contribution in [1.82, 2.24) is 15.2 Å². The molecule has 4 rings (SSSR count). The lowest BCUT2D eigenvalue weighted by Crippen LogP contribution is -2.42. The van der Waals surface area contributed by atoms with Crippen LogP contribution >= 0.6 is 11.8 Å². The van der Waals surface area contributed by atoms with Crippen molar-refractivity contribution in [3.8, 4) is 0 Å². The Hall–Kier alpha value is -2.31. The van der Waals surface area contributed by atoms with Crippen LogP contribution in [0, 0.1) is 11.8 Å². The number of carbonyl (C=O) groups is 1. The van der Waals surface area contributed by atoms with Crippen LogP contribution in [-0.4, -0.2) is 35.4 Å². The van der Waals surface area contributed by atoms with Crippen LogP contribution in [0.4, 0.5) is 5.82 Å². The Balaban J connectivity index is 1.47. The molecule has 0 bridgehead atoms. The van der Waals surface area contributed by atoms with Gasteiger partial charge in [0.05, 0.1) is 5.92 Å². The van der Waals surface area contributed by atoms with Crippen LogP contribution in [0.25, 0.3) is 15.7 Å². The van der Waals surface area contributed by atoms with E-state index in [2.05, 4.69) is 52.6 Å². The fraction of sp³-hybridized carbons (Fsp3) is 0.391. The molecule has 152 valence electrons. The molecule has 0 aliphatic carbocycles. The van der Waals surface area contributed by atoms with E-state index in [1.165, 1.54) is 4.91 Å². The molecule has 1 amide bonds. The SMILES string of the molecule is CC(C)CN1CCCC(C(=O)Nc2cc3cc(C4=CNC=CS4)ccc3cn2)C1. The van der Waals surface area contributed by atoms with Gasteiger partial charge in [-0.3, -0.25) is 4.79 Å². The number of anilines is 1. The van der Waals surface area contributed by atoms with E-state index in [0.29, 0.717) is 11.7 Å². The molecule has 0 radical (unpaired) electrons. The molecule has 1 unspecified atom stereocenters. The average molecular weight is 409 g/mol. The summed E-state index contributed by atoms with van der Waals surface area (Å²) in [4.78, 5) is 20.9. The van der Waals surface area contributed by atoms with E-state index >= 15 is 0 Å². The number of benzene rings is 1. The molecule has 3 heterocycles. The molecule has 6 heteroatoms. The van der Waals surface area contributed by atoms with Crippen LogP contribution in [0.15, 0.2) is 48.3 Å². The molecular weight excluding hydrogens is 380 g/mol. The molecule has 29 heavy (non-hydrogen) atoms. The van der Waals surface area contributed by atoms with E-state index in [1.807, 2.05) is 30.1 Å². The summed E-state index contributed by atoms with van der Waals surface area (Å²) in [5.74, 6) is 1.37. The van der Waals surface area contributed by atoms with E-state index in [4.69, 9.17) is 0 Å². The molecule has 1 atom stereocenters. The molecular formula is C23H28N4OS. The molecule has 1 aromatic heterocycles. The highest BCUT2D eigenvalue weighted by Gasteiger charge is 2.26. The first kappa shape index (κ1) is 20.0. The maximum absolute atomic E-state index is 12.8. The van der Waals surface area contributed by atoms with Gasteiger partial charge in [0.1, 0.15) is 5.82 Å². The Kier molecular flexibility index (Phi) is 6.21. The first-order chi connectivity index (χ1) is 14.1. The highest BCUT2D eigenvalue weighted by molar-refractivity contribution is 8.11. The van der Waals surface area contributed by atoms with Crippen molar-refractivity contribution < 1.29 is 4.79 Å². The predicted molar refractivity (Wildman–Crippen MR) is 122 cm³/mol. The Bertz CT molecular complexity index is 953. The zero-order valence-electron chi connectivity index (χ0n) is 17.0. The summed E-state index contributed by atoms with van der Waals surface area (Å²) in [6.07, 6.45) is 7.78. The van der Waals surface area contributed by atoms with E-state index in [1.54, 1.807) is 11.8 Å². The normalized spacial score (nSPS) is 19.8. The topological polar surface area (TPSA) is 57.3 Å². The smallest absolute Gasteiger partial charge is 0.229 e. The van der Waals surface area contributed by atoms with Crippen molar-refractivity contribution in [2.45, 2.75) is 26.7 Å². The lowest BCUT2D eigenvalue weighted by atomic mass is 9.96. The molecule has 2 aliphatic rings. The van der Waals surface area contributed by atoms with Gasteiger partial charge in [-0.05, 0) is 53.8 Å².